The number of nitrogens with zero attached hydrogens (tertiary/aromatic N) is 3. The van der Waals surface area contributed by atoms with Crippen LogP contribution in [0.4, 0.5) is 5.69 Å². The number of amides is 2. The lowest BCUT2D eigenvalue weighted by atomic mass is 10.2. The molecular weight excluding hydrogens is 424 g/mol. The first kappa shape index (κ1) is 24.1. The van der Waals surface area contributed by atoms with E-state index in [0.29, 0.717) is 55.5 Å². The fourth-order valence-electron chi connectivity index (χ4n) is 3.19. The van der Waals surface area contributed by atoms with Crippen molar-refractivity contribution in [1.82, 2.24) is 10.3 Å². The number of rotatable bonds is 9. The minimum Gasteiger partial charge on any atom is -0.490 e. The van der Waals surface area contributed by atoms with E-state index in [2.05, 4.69) is 10.5 Å². The second-order valence-corrected chi connectivity index (χ2v) is 7.56. The van der Waals surface area contributed by atoms with E-state index < -0.39 is 0 Å². The van der Waals surface area contributed by atoms with Crippen molar-refractivity contribution in [1.29, 1.82) is 0 Å². The van der Waals surface area contributed by atoms with Crippen LogP contribution in [0.1, 0.15) is 22.8 Å². The Morgan fingerprint density at radius 1 is 1.12 bits per heavy atom. The van der Waals surface area contributed by atoms with Crippen LogP contribution >= 0.6 is 0 Å². The quantitative estimate of drug-likeness (QED) is 0.461. The van der Waals surface area contributed by atoms with Crippen LogP contribution in [-0.2, 0) is 9.53 Å². The van der Waals surface area contributed by atoms with E-state index in [9.17, 15) is 9.59 Å². The lowest BCUT2D eigenvalue weighted by Gasteiger charge is -2.26. The highest BCUT2D eigenvalue weighted by Crippen LogP contribution is 2.28. The van der Waals surface area contributed by atoms with Crippen molar-refractivity contribution < 1.29 is 23.8 Å². The Bertz CT molecular complexity index is 987. The fraction of sp³-hybridized carbons (Fsp3) is 0.375. The molecule has 9 nitrogen and oxygen atoms in total. The Hall–Kier alpha value is -3.59. The number of carbonyl (C=O) groups excluding carboxylic acids is 2. The fourth-order valence-corrected chi connectivity index (χ4v) is 3.19. The van der Waals surface area contributed by atoms with Gasteiger partial charge in [0.2, 0.25) is 0 Å². The molecular formula is C24H30N4O5. The summed E-state index contributed by atoms with van der Waals surface area (Å²) < 4.78 is 16.6. The molecule has 1 aliphatic rings. The Morgan fingerprint density at radius 3 is 2.64 bits per heavy atom. The highest BCUT2D eigenvalue weighted by atomic mass is 16.5. The average molecular weight is 455 g/mol. The van der Waals surface area contributed by atoms with Crippen LogP contribution in [0, 0.1) is 0 Å². The van der Waals surface area contributed by atoms with Crippen LogP contribution in [0.15, 0.2) is 47.6 Å². The smallest absolute Gasteiger partial charge is 0.271 e. The third kappa shape index (κ3) is 6.95. The van der Waals surface area contributed by atoms with Crippen molar-refractivity contribution in [3.8, 4) is 11.5 Å². The van der Waals surface area contributed by atoms with Gasteiger partial charge in [0.1, 0.15) is 0 Å². The number of carbonyl (C=O) groups is 2. The normalized spacial score (nSPS) is 13.6. The molecule has 0 atom stereocenters. The molecule has 2 aromatic carbocycles. The van der Waals surface area contributed by atoms with E-state index in [1.807, 2.05) is 38.1 Å². The van der Waals surface area contributed by atoms with Crippen molar-refractivity contribution in [3.63, 3.8) is 0 Å². The van der Waals surface area contributed by atoms with E-state index >= 15 is 0 Å². The molecule has 1 aliphatic heterocycles. The Balaban J connectivity index is 1.60. The topological polar surface area (TPSA) is 92.7 Å². The third-order valence-corrected chi connectivity index (χ3v) is 4.99. The Labute approximate surface area is 193 Å². The van der Waals surface area contributed by atoms with Gasteiger partial charge in [0.25, 0.3) is 11.8 Å². The zero-order valence-corrected chi connectivity index (χ0v) is 19.2. The first-order valence-corrected chi connectivity index (χ1v) is 10.8. The number of hydrogen-bond donors (Lipinski definition) is 1. The molecule has 1 saturated heterocycles. The third-order valence-electron chi connectivity index (χ3n) is 4.99. The van der Waals surface area contributed by atoms with Crippen LogP contribution in [0.3, 0.4) is 0 Å². The van der Waals surface area contributed by atoms with Crippen LogP contribution in [0.2, 0.25) is 0 Å². The second-order valence-electron chi connectivity index (χ2n) is 7.56. The van der Waals surface area contributed by atoms with Crippen molar-refractivity contribution in [2.75, 3.05) is 58.5 Å². The van der Waals surface area contributed by atoms with Crippen LogP contribution in [0.25, 0.3) is 0 Å². The van der Waals surface area contributed by atoms with E-state index in [-0.39, 0.29) is 18.4 Å². The Morgan fingerprint density at radius 2 is 1.91 bits per heavy atom. The van der Waals surface area contributed by atoms with Gasteiger partial charge >= 0.3 is 0 Å². The number of morpholine rings is 1. The number of anilines is 1. The lowest BCUT2D eigenvalue weighted by Crippen LogP contribution is -2.43. The van der Waals surface area contributed by atoms with Crippen LogP contribution in [-0.4, -0.2) is 76.5 Å². The summed E-state index contributed by atoms with van der Waals surface area (Å²) in [5, 5.41) is 4.05. The van der Waals surface area contributed by atoms with Gasteiger partial charge in [0, 0.05) is 38.4 Å². The molecule has 9 heteroatoms. The zero-order valence-electron chi connectivity index (χ0n) is 19.2. The summed E-state index contributed by atoms with van der Waals surface area (Å²) in [4.78, 5) is 28.4. The summed E-state index contributed by atoms with van der Waals surface area (Å²) in [5.74, 6) is 0.579. The summed E-state index contributed by atoms with van der Waals surface area (Å²) in [7, 11) is 3.83. The van der Waals surface area contributed by atoms with Gasteiger partial charge in [-0.1, -0.05) is 6.07 Å². The van der Waals surface area contributed by atoms with Crippen LogP contribution in [0.5, 0.6) is 11.5 Å². The number of benzene rings is 2. The minimum atomic E-state index is -0.304. The van der Waals surface area contributed by atoms with Gasteiger partial charge in [-0.2, -0.15) is 5.10 Å². The molecule has 0 bridgehead atoms. The molecule has 1 fully saturated rings. The lowest BCUT2D eigenvalue weighted by molar-refractivity contribution is -0.137. The molecule has 1 N–H and O–H groups in total. The van der Waals surface area contributed by atoms with E-state index in [4.69, 9.17) is 14.2 Å². The molecule has 0 radical (unpaired) electrons. The van der Waals surface area contributed by atoms with Crippen molar-refractivity contribution in [3.05, 3.63) is 53.6 Å². The van der Waals surface area contributed by atoms with E-state index in [0.717, 1.165) is 5.69 Å². The number of hydrazone groups is 1. The van der Waals surface area contributed by atoms with Gasteiger partial charge in [0.05, 0.1) is 26.0 Å². The first-order chi connectivity index (χ1) is 16.0. The SMILES string of the molecule is CCOc1cc(/C=N\NC(=O)c2cccc(N(C)C)c2)ccc1OCC(=O)N1CCOCC1. The molecule has 176 valence electrons. The van der Waals surface area contributed by atoms with Gasteiger partial charge in [-0.3, -0.25) is 9.59 Å². The maximum atomic E-state index is 12.4. The maximum absolute atomic E-state index is 12.4. The highest BCUT2D eigenvalue weighted by Gasteiger charge is 2.18. The largest absolute Gasteiger partial charge is 0.490 e. The standard InChI is InChI=1S/C24H30N4O5/c1-4-32-22-14-18(8-9-21(22)33-17-23(29)28-10-12-31-13-11-28)16-25-26-24(30)19-6-5-7-20(15-19)27(2)3/h5-9,14-16H,4,10-13,17H2,1-3H3,(H,26,30)/b25-16-. The van der Waals surface area contributed by atoms with Crippen molar-refractivity contribution in [2.45, 2.75) is 6.92 Å². The monoisotopic (exact) mass is 454 g/mol. The number of ether oxygens (including phenoxy) is 3. The minimum absolute atomic E-state index is 0.0738. The molecule has 2 amide bonds. The number of hydrogen-bond acceptors (Lipinski definition) is 7. The first-order valence-electron chi connectivity index (χ1n) is 10.8. The summed E-state index contributed by atoms with van der Waals surface area (Å²) >= 11 is 0. The van der Waals surface area contributed by atoms with Gasteiger partial charge in [-0.15, -0.1) is 0 Å². The van der Waals surface area contributed by atoms with E-state index in [1.165, 1.54) is 6.21 Å². The highest BCUT2D eigenvalue weighted by molar-refractivity contribution is 5.95. The van der Waals surface area contributed by atoms with Gasteiger partial charge in [0.15, 0.2) is 18.1 Å². The zero-order chi connectivity index (χ0) is 23.6. The summed E-state index contributed by atoms with van der Waals surface area (Å²) in [6.45, 7) is 4.46. The summed E-state index contributed by atoms with van der Waals surface area (Å²) in [6.07, 6.45) is 1.53. The molecule has 0 unspecified atom stereocenters. The van der Waals surface area contributed by atoms with Gasteiger partial charge in [-0.05, 0) is 48.9 Å². The predicted octanol–water partition coefficient (Wildman–Crippen LogP) is 2.15. The molecule has 0 aliphatic carbocycles. The van der Waals surface area contributed by atoms with Gasteiger partial charge in [-0.25, -0.2) is 5.43 Å². The average Bonchev–Trinajstić information content (AvgIpc) is 2.84. The van der Waals surface area contributed by atoms with E-state index in [1.54, 1.807) is 35.2 Å². The predicted molar refractivity (Wildman–Crippen MR) is 126 cm³/mol. The van der Waals surface area contributed by atoms with Gasteiger partial charge < -0.3 is 24.0 Å². The molecule has 33 heavy (non-hydrogen) atoms. The molecule has 1 heterocycles. The number of nitrogens with one attached hydrogen (secondary N) is 1. The molecule has 3 rings (SSSR count). The molecule has 0 saturated carbocycles. The Kier molecular flexibility index (Phi) is 8.65. The summed E-state index contributed by atoms with van der Waals surface area (Å²) in [6, 6.07) is 12.5. The van der Waals surface area contributed by atoms with Crippen LogP contribution < -0.4 is 19.8 Å². The van der Waals surface area contributed by atoms with Crippen molar-refractivity contribution >= 4 is 23.7 Å². The molecule has 0 aromatic heterocycles. The maximum Gasteiger partial charge on any atom is 0.271 e. The summed E-state index contributed by atoms with van der Waals surface area (Å²) in [5.41, 5.74) is 4.69. The molecule has 2 aromatic rings. The van der Waals surface area contributed by atoms with Crippen molar-refractivity contribution in [2.24, 2.45) is 5.10 Å². The second kappa shape index (κ2) is 11.9. The molecule has 0 spiro atoms.